The minimum absolute atomic E-state index is 0.0608. The Balaban J connectivity index is 1.32. The van der Waals surface area contributed by atoms with E-state index in [4.69, 9.17) is 9.47 Å². The predicted molar refractivity (Wildman–Crippen MR) is 156 cm³/mol. The lowest BCUT2D eigenvalue weighted by Crippen LogP contribution is -2.55. The van der Waals surface area contributed by atoms with Crippen molar-refractivity contribution in [2.45, 2.75) is 66.9 Å². The lowest BCUT2D eigenvalue weighted by Gasteiger charge is -2.38. The number of aromatic hydroxyl groups is 1. The van der Waals surface area contributed by atoms with Crippen molar-refractivity contribution in [3.63, 3.8) is 0 Å². The number of phenolic OH excluding ortho intramolecular Hbond substituents is 1. The summed E-state index contributed by atoms with van der Waals surface area (Å²) in [6.45, 7) is 0.381. The van der Waals surface area contributed by atoms with Gasteiger partial charge in [-0.05, 0) is 30.7 Å². The van der Waals surface area contributed by atoms with Crippen molar-refractivity contribution in [3.05, 3.63) is 59.9 Å². The molecule has 4 aliphatic heterocycles. The van der Waals surface area contributed by atoms with Crippen LogP contribution in [0.5, 0.6) is 5.75 Å². The first kappa shape index (κ1) is 31.8. The van der Waals surface area contributed by atoms with Crippen molar-refractivity contribution in [1.29, 1.82) is 0 Å². The number of carbonyl (C=O) groups excluding carboxylic acids is 2. The Morgan fingerprint density at radius 2 is 1.76 bits per heavy atom. The highest BCUT2D eigenvalue weighted by Gasteiger charge is 2.47. The third-order valence-electron chi connectivity index (χ3n) is 8.94. The Hall–Kier alpha value is -3.18. The maximum absolute atomic E-state index is 14.1. The third kappa shape index (κ3) is 6.70. The van der Waals surface area contributed by atoms with Gasteiger partial charge in [-0.15, -0.1) is 0 Å². The van der Waals surface area contributed by atoms with Gasteiger partial charge in [-0.25, -0.2) is 12.8 Å². The first-order valence-corrected chi connectivity index (χ1v) is 16.4. The van der Waals surface area contributed by atoms with E-state index in [2.05, 4.69) is 5.32 Å². The van der Waals surface area contributed by atoms with Crippen LogP contribution in [0.25, 0.3) is 0 Å². The number of hydrogen-bond acceptors (Lipinski definition) is 10. The number of aliphatic hydroxyl groups excluding tert-OH is 2. The Morgan fingerprint density at radius 1 is 0.978 bits per heavy atom. The van der Waals surface area contributed by atoms with Crippen LogP contribution in [0.2, 0.25) is 0 Å². The van der Waals surface area contributed by atoms with E-state index in [9.17, 15) is 37.7 Å². The number of rotatable bonds is 4. The molecule has 244 valence electrons. The molecule has 4 aliphatic rings. The Kier molecular flexibility index (Phi) is 9.12. The molecule has 0 saturated carbocycles. The van der Waals surface area contributed by atoms with E-state index in [-0.39, 0.29) is 55.8 Å². The number of amides is 2. The molecule has 0 radical (unpaired) electrons. The number of fused-ring (bicyclic) bond motifs is 6. The fourth-order valence-corrected chi connectivity index (χ4v) is 8.15. The molecule has 4 fully saturated rings. The normalized spacial score (nSPS) is 32.1. The number of para-hydroxylation sites is 1. The molecular weight excluding hydrogens is 611 g/mol. The molecule has 0 aromatic heterocycles. The number of sulfonamides is 1. The van der Waals surface area contributed by atoms with Crippen LogP contribution in [0, 0.1) is 5.82 Å². The van der Waals surface area contributed by atoms with Gasteiger partial charge in [0.25, 0.3) is 0 Å². The summed E-state index contributed by atoms with van der Waals surface area (Å²) in [4.78, 5) is 30.3. The van der Waals surface area contributed by atoms with Crippen molar-refractivity contribution in [2.24, 2.45) is 0 Å². The van der Waals surface area contributed by atoms with Crippen molar-refractivity contribution in [2.75, 3.05) is 39.3 Å². The van der Waals surface area contributed by atoms with Gasteiger partial charge in [0.2, 0.25) is 21.8 Å². The van der Waals surface area contributed by atoms with E-state index >= 15 is 0 Å². The zero-order valence-corrected chi connectivity index (χ0v) is 25.3. The number of hydrogen-bond donors (Lipinski definition) is 4. The molecule has 45 heavy (non-hydrogen) atoms. The van der Waals surface area contributed by atoms with Crippen LogP contribution in [-0.2, 0) is 35.6 Å². The quantitative estimate of drug-likeness (QED) is 0.336. The first-order valence-electron chi connectivity index (χ1n) is 15.0. The van der Waals surface area contributed by atoms with Crippen LogP contribution in [-0.4, -0.2) is 132 Å². The second kappa shape index (κ2) is 12.9. The molecule has 4 saturated heterocycles. The van der Waals surface area contributed by atoms with E-state index in [0.29, 0.717) is 18.5 Å². The van der Waals surface area contributed by atoms with Gasteiger partial charge in [-0.1, -0.05) is 24.3 Å². The van der Waals surface area contributed by atoms with Crippen molar-refractivity contribution >= 4 is 21.8 Å². The lowest BCUT2D eigenvalue weighted by atomic mass is 10.0. The number of likely N-dealkylation sites (tertiary alicyclic amines) is 1. The molecule has 7 atom stereocenters. The maximum Gasteiger partial charge on any atom is 0.243 e. The summed E-state index contributed by atoms with van der Waals surface area (Å²) in [6.07, 6.45) is -6.06. The van der Waals surface area contributed by atoms with Gasteiger partial charge in [-0.3, -0.25) is 14.5 Å². The minimum atomic E-state index is -4.36. The van der Waals surface area contributed by atoms with E-state index < -0.39 is 70.9 Å². The number of morpholine rings is 1. The van der Waals surface area contributed by atoms with Crippen LogP contribution in [0.1, 0.15) is 18.4 Å². The van der Waals surface area contributed by atoms with Crippen LogP contribution in [0.4, 0.5) is 4.39 Å². The molecule has 2 aromatic carbocycles. The predicted octanol–water partition coefficient (Wildman–Crippen LogP) is -0.598. The number of nitrogens with one attached hydrogen (secondary N) is 1. The van der Waals surface area contributed by atoms with Crippen molar-refractivity contribution in [1.82, 2.24) is 19.4 Å². The second-order valence-electron chi connectivity index (χ2n) is 12.0. The minimum Gasteiger partial charge on any atom is -0.508 e. The Morgan fingerprint density at radius 3 is 2.53 bits per heavy atom. The standard InChI is InChI=1S/C30H37FN4O9S/c31-19-5-3-6-22(10-19)45(41,42)35-16-21-15-33(8-9-43-21)30(40)23-11-20(14-34(23)13-18-4-1-2-7-24(18)36)32-27(37)12-25-28(38)29(39)26(17-35)44-25/h1-7,10,20-21,23,25-26,28-29,36,38-39H,8-9,11-17H2,(H,32,37)/t20-,21-,23-,25-,26+,28-,29+/m0/s1. The fourth-order valence-electron chi connectivity index (χ4n) is 6.63. The SMILES string of the molecule is O=C1C[C@@H]2O[C@H](CN(S(=O)(=O)c3cccc(F)c3)C[C@@H]3CN(CCO3)C(=O)[C@@H]3C[C@@H](CN3Cc3ccccc3O)N1)[C@@H](O)[C@H]2O. The van der Waals surface area contributed by atoms with Gasteiger partial charge in [0.15, 0.2) is 0 Å². The summed E-state index contributed by atoms with van der Waals surface area (Å²) in [7, 11) is -4.36. The summed E-state index contributed by atoms with van der Waals surface area (Å²) in [6, 6.07) is 10.3. The zero-order chi connectivity index (χ0) is 31.9. The lowest BCUT2D eigenvalue weighted by molar-refractivity contribution is -0.144. The zero-order valence-electron chi connectivity index (χ0n) is 24.4. The number of benzene rings is 2. The number of aliphatic hydroxyl groups is 2. The van der Waals surface area contributed by atoms with Gasteiger partial charge in [0.1, 0.15) is 29.9 Å². The summed E-state index contributed by atoms with van der Waals surface area (Å²) < 4.78 is 54.5. The molecule has 2 aromatic rings. The largest absolute Gasteiger partial charge is 0.508 e. The summed E-state index contributed by atoms with van der Waals surface area (Å²) >= 11 is 0. The van der Waals surface area contributed by atoms with Gasteiger partial charge in [0, 0.05) is 50.9 Å². The van der Waals surface area contributed by atoms with E-state index in [0.717, 1.165) is 16.4 Å². The summed E-state index contributed by atoms with van der Waals surface area (Å²) in [5, 5.41) is 34.9. The van der Waals surface area contributed by atoms with Gasteiger partial charge < -0.3 is 35.0 Å². The third-order valence-corrected chi connectivity index (χ3v) is 10.8. The maximum atomic E-state index is 14.1. The molecule has 0 unspecified atom stereocenters. The second-order valence-corrected chi connectivity index (χ2v) is 14.0. The van der Waals surface area contributed by atoms with E-state index in [1.807, 2.05) is 4.90 Å². The molecule has 6 bridgehead atoms. The van der Waals surface area contributed by atoms with Gasteiger partial charge >= 0.3 is 0 Å². The molecular formula is C30H37FN4O9S. The molecule has 13 nitrogen and oxygen atoms in total. The molecule has 4 N–H and O–H groups in total. The Labute approximate surface area is 260 Å². The molecule has 4 heterocycles. The molecule has 15 heteroatoms. The Bertz CT molecular complexity index is 1530. The topological polar surface area (TPSA) is 169 Å². The number of halogens is 1. The number of ether oxygens (including phenoxy) is 2. The highest BCUT2D eigenvalue weighted by Crippen LogP contribution is 2.30. The van der Waals surface area contributed by atoms with Gasteiger partial charge in [-0.2, -0.15) is 4.31 Å². The highest BCUT2D eigenvalue weighted by molar-refractivity contribution is 7.89. The van der Waals surface area contributed by atoms with Crippen LogP contribution in [0.15, 0.2) is 53.4 Å². The van der Waals surface area contributed by atoms with Gasteiger partial charge in [0.05, 0.1) is 36.2 Å². The van der Waals surface area contributed by atoms with Crippen LogP contribution < -0.4 is 5.32 Å². The summed E-state index contributed by atoms with van der Waals surface area (Å²) in [5.74, 6) is -1.34. The van der Waals surface area contributed by atoms with E-state index in [1.165, 1.54) is 12.1 Å². The number of nitrogens with zero attached hydrogens (tertiary/aromatic N) is 3. The van der Waals surface area contributed by atoms with E-state index in [1.54, 1.807) is 29.2 Å². The average Bonchev–Trinajstić information content (AvgIpc) is 3.52. The van der Waals surface area contributed by atoms with Crippen LogP contribution in [0.3, 0.4) is 0 Å². The molecule has 0 spiro atoms. The molecule has 0 aliphatic carbocycles. The first-order chi connectivity index (χ1) is 21.5. The smallest absolute Gasteiger partial charge is 0.243 e. The highest BCUT2D eigenvalue weighted by atomic mass is 32.2. The van der Waals surface area contributed by atoms with Crippen molar-refractivity contribution in [3.8, 4) is 5.75 Å². The number of carbonyl (C=O) groups is 2. The monoisotopic (exact) mass is 648 g/mol. The summed E-state index contributed by atoms with van der Waals surface area (Å²) in [5.41, 5.74) is 0.619. The molecule has 6 rings (SSSR count). The fraction of sp³-hybridized carbons (Fsp3) is 0.533. The molecule has 2 amide bonds. The van der Waals surface area contributed by atoms with Crippen LogP contribution >= 0.6 is 0 Å². The van der Waals surface area contributed by atoms with Crippen molar-refractivity contribution < 1.29 is 47.2 Å². The average molecular weight is 649 g/mol. The number of phenols is 1.